The van der Waals surface area contributed by atoms with E-state index in [2.05, 4.69) is 22.5 Å². The Morgan fingerprint density at radius 2 is 2.25 bits per heavy atom. The highest BCUT2D eigenvalue weighted by Crippen LogP contribution is 2.36. The molecular weight excluding hydrogens is 336 g/mol. The van der Waals surface area contributed by atoms with Crippen LogP contribution in [0.1, 0.15) is 23.5 Å². The average Bonchev–Trinajstić information content (AvgIpc) is 2.71. The van der Waals surface area contributed by atoms with E-state index in [0.717, 1.165) is 14.6 Å². The number of nitrogens with two attached hydrogens (primary N) is 1. The van der Waals surface area contributed by atoms with Crippen LogP contribution in [0.5, 0.6) is 0 Å². The van der Waals surface area contributed by atoms with Crippen molar-refractivity contribution in [3.05, 3.63) is 40.2 Å². The topological polar surface area (TPSA) is 46.3 Å². The van der Waals surface area contributed by atoms with Gasteiger partial charge in [-0.1, -0.05) is 28.1 Å². The molecule has 2 aromatic rings. The molecule has 0 unspecified atom stereocenters. The Hall–Kier alpha value is -1.33. The Labute approximate surface area is 131 Å². The van der Waals surface area contributed by atoms with Gasteiger partial charge in [-0.25, -0.2) is 0 Å². The van der Waals surface area contributed by atoms with Gasteiger partial charge < -0.3 is 10.6 Å². The van der Waals surface area contributed by atoms with Gasteiger partial charge in [0.2, 0.25) is 0 Å². The number of nitrogens with zero attached hydrogens (tertiary/aromatic N) is 1. The van der Waals surface area contributed by atoms with E-state index in [0.29, 0.717) is 17.1 Å². The van der Waals surface area contributed by atoms with Gasteiger partial charge in [-0.3, -0.25) is 4.79 Å². The number of benzene rings is 1. The van der Waals surface area contributed by atoms with Gasteiger partial charge in [-0.05, 0) is 26.0 Å². The first-order valence-corrected chi connectivity index (χ1v) is 7.96. The molecular formula is C15H17BrN2OS. The fraction of sp³-hybridized carbons (Fsp3) is 0.267. The number of amides is 1. The zero-order valence-electron chi connectivity index (χ0n) is 11.5. The lowest BCUT2D eigenvalue weighted by Gasteiger charge is -2.24. The number of carbonyl (C=O) groups excluding carboxylic acids is 1. The van der Waals surface area contributed by atoms with E-state index in [1.54, 1.807) is 11.0 Å². The number of nitrogen functional groups attached to an aromatic ring is 1. The molecule has 5 heteroatoms. The van der Waals surface area contributed by atoms with E-state index in [4.69, 9.17) is 5.73 Å². The minimum atomic E-state index is -0.0327. The summed E-state index contributed by atoms with van der Waals surface area (Å²) in [7, 11) is 0. The first-order chi connectivity index (χ1) is 9.45. The second-order valence-corrected chi connectivity index (χ2v) is 6.79. The lowest BCUT2D eigenvalue weighted by molar-refractivity contribution is 0.0735. The highest BCUT2D eigenvalue weighted by atomic mass is 79.9. The summed E-state index contributed by atoms with van der Waals surface area (Å²) in [5.41, 5.74) is 6.71. The van der Waals surface area contributed by atoms with E-state index < -0.39 is 0 Å². The molecule has 2 rings (SSSR count). The molecule has 0 radical (unpaired) electrons. The highest BCUT2D eigenvalue weighted by Gasteiger charge is 2.23. The standard InChI is InChI=1S/C15H17BrN2OS/c1-4-7-18(9(2)3)15(19)14-13(17)11-6-5-10(16)8-12(11)20-14/h4-6,8-9H,1,7,17H2,2-3H3. The van der Waals surface area contributed by atoms with Crippen LogP contribution in [-0.2, 0) is 0 Å². The zero-order valence-corrected chi connectivity index (χ0v) is 13.9. The summed E-state index contributed by atoms with van der Waals surface area (Å²) in [6.07, 6.45) is 1.73. The summed E-state index contributed by atoms with van der Waals surface area (Å²) in [5.74, 6) is -0.0327. The maximum Gasteiger partial charge on any atom is 0.266 e. The van der Waals surface area contributed by atoms with Crippen molar-refractivity contribution in [2.45, 2.75) is 19.9 Å². The van der Waals surface area contributed by atoms with Gasteiger partial charge in [-0.15, -0.1) is 17.9 Å². The Balaban J connectivity index is 2.48. The Morgan fingerprint density at radius 3 is 2.85 bits per heavy atom. The number of thiophene rings is 1. The van der Waals surface area contributed by atoms with Gasteiger partial charge in [0.05, 0.1) is 5.69 Å². The molecule has 0 atom stereocenters. The quantitative estimate of drug-likeness (QED) is 0.834. The number of fused-ring (bicyclic) bond motifs is 1. The van der Waals surface area contributed by atoms with E-state index in [9.17, 15) is 4.79 Å². The third kappa shape index (κ3) is 2.74. The monoisotopic (exact) mass is 352 g/mol. The molecule has 0 spiro atoms. The van der Waals surface area contributed by atoms with Crippen LogP contribution in [0.15, 0.2) is 35.3 Å². The minimum absolute atomic E-state index is 0.0327. The van der Waals surface area contributed by atoms with Crippen molar-refractivity contribution < 1.29 is 4.79 Å². The van der Waals surface area contributed by atoms with Gasteiger partial charge >= 0.3 is 0 Å². The molecule has 1 aromatic carbocycles. The van der Waals surface area contributed by atoms with Crippen LogP contribution in [-0.4, -0.2) is 23.4 Å². The summed E-state index contributed by atoms with van der Waals surface area (Å²) in [6, 6.07) is 5.97. The van der Waals surface area contributed by atoms with Crippen LogP contribution >= 0.6 is 27.3 Å². The van der Waals surface area contributed by atoms with Gasteiger partial charge in [-0.2, -0.15) is 0 Å². The Morgan fingerprint density at radius 1 is 1.55 bits per heavy atom. The van der Waals surface area contributed by atoms with Gasteiger partial charge in [0.25, 0.3) is 5.91 Å². The normalized spacial score (nSPS) is 11.0. The molecule has 106 valence electrons. The molecule has 2 N–H and O–H groups in total. The number of rotatable bonds is 4. The predicted octanol–water partition coefficient (Wildman–Crippen LogP) is 4.28. The van der Waals surface area contributed by atoms with E-state index in [-0.39, 0.29) is 11.9 Å². The number of carbonyl (C=O) groups is 1. The van der Waals surface area contributed by atoms with Crippen LogP contribution in [0.3, 0.4) is 0 Å². The average molecular weight is 353 g/mol. The van der Waals surface area contributed by atoms with Crippen molar-refractivity contribution in [3.63, 3.8) is 0 Å². The molecule has 0 aliphatic rings. The second-order valence-electron chi connectivity index (χ2n) is 4.83. The molecule has 0 bridgehead atoms. The first-order valence-electron chi connectivity index (χ1n) is 6.35. The van der Waals surface area contributed by atoms with Crippen molar-refractivity contribution in [3.8, 4) is 0 Å². The third-order valence-corrected chi connectivity index (χ3v) is 4.74. The van der Waals surface area contributed by atoms with E-state index in [1.165, 1.54) is 11.3 Å². The summed E-state index contributed by atoms with van der Waals surface area (Å²) in [4.78, 5) is 15.0. The SMILES string of the molecule is C=CCN(C(=O)c1sc2cc(Br)ccc2c1N)C(C)C. The summed E-state index contributed by atoms with van der Waals surface area (Å²) in [6.45, 7) is 8.20. The number of halogens is 1. The van der Waals surface area contributed by atoms with Crippen molar-refractivity contribution >= 4 is 48.9 Å². The summed E-state index contributed by atoms with van der Waals surface area (Å²) >= 11 is 4.87. The Bertz CT molecular complexity index is 663. The van der Waals surface area contributed by atoms with E-state index in [1.807, 2.05) is 32.0 Å². The molecule has 3 nitrogen and oxygen atoms in total. The largest absolute Gasteiger partial charge is 0.397 e. The summed E-state index contributed by atoms with van der Waals surface area (Å²) < 4.78 is 2.00. The second kappa shape index (κ2) is 5.97. The molecule has 1 aromatic heterocycles. The predicted molar refractivity (Wildman–Crippen MR) is 90.3 cm³/mol. The van der Waals surface area contributed by atoms with Crippen LogP contribution in [0.4, 0.5) is 5.69 Å². The van der Waals surface area contributed by atoms with Crippen LogP contribution in [0, 0.1) is 0 Å². The number of hydrogen-bond acceptors (Lipinski definition) is 3. The maximum atomic E-state index is 12.6. The summed E-state index contributed by atoms with van der Waals surface area (Å²) in [5, 5.41) is 0.934. The fourth-order valence-corrected chi connectivity index (χ4v) is 3.68. The lowest BCUT2D eigenvalue weighted by Crippen LogP contribution is -2.36. The molecule has 1 amide bonds. The Kier molecular flexibility index (Phi) is 4.50. The van der Waals surface area contributed by atoms with Crippen LogP contribution in [0.25, 0.3) is 10.1 Å². The molecule has 0 fully saturated rings. The molecule has 20 heavy (non-hydrogen) atoms. The molecule has 0 saturated carbocycles. The van der Waals surface area contributed by atoms with Gasteiger partial charge in [0, 0.05) is 27.1 Å². The first kappa shape index (κ1) is 15.1. The van der Waals surface area contributed by atoms with Crippen molar-refractivity contribution in [2.24, 2.45) is 0 Å². The zero-order chi connectivity index (χ0) is 14.9. The molecule has 0 aliphatic heterocycles. The molecule has 1 heterocycles. The van der Waals surface area contributed by atoms with Crippen LogP contribution in [0.2, 0.25) is 0 Å². The molecule has 0 saturated heterocycles. The van der Waals surface area contributed by atoms with Gasteiger partial charge in [0.1, 0.15) is 4.88 Å². The van der Waals surface area contributed by atoms with Crippen molar-refractivity contribution in [1.82, 2.24) is 4.90 Å². The highest BCUT2D eigenvalue weighted by molar-refractivity contribution is 9.10. The smallest absolute Gasteiger partial charge is 0.266 e. The minimum Gasteiger partial charge on any atom is -0.397 e. The maximum absolute atomic E-state index is 12.6. The van der Waals surface area contributed by atoms with Crippen LogP contribution < -0.4 is 5.73 Å². The third-order valence-electron chi connectivity index (χ3n) is 3.09. The fourth-order valence-electron chi connectivity index (χ4n) is 2.05. The molecule has 0 aliphatic carbocycles. The van der Waals surface area contributed by atoms with E-state index >= 15 is 0 Å². The van der Waals surface area contributed by atoms with Crippen molar-refractivity contribution in [2.75, 3.05) is 12.3 Å². The lowest BCUT2D eigenvalue weighted by atomic mass is 10.2. The van der Waals surface area contributed by atoms with Crippen molar-refractivity contribution in [1.29, 1.82) is 0 Å². The number of anilines is 1. The number of hydrogen-bond donors (Lipinski definition) is 1. The van der Waals surface area contributed by atoms with Gasteiger partial charge in [0.15, 0.2) is 0 Å².